The average molecular weight is 408 g/mol. The number of rotatable bonds is 12. The van der Waals surface area contributed by atoms with Crippen LogP contribution in [0.4, 0.5) is 0 Å². The van der Waals surface area contributed by atoms with Gasteiger partial charge in [-0.1, -0.05) is 0 Å². The van der Waals surface area contributed by atoms with Crippen LogP contribution in [0.2, 0.25) is 0 Å². The average Bonchev–Trinajstić information content (AvgIpc) is 3.11. The normalized spacial score (nSPS) is 11.2. The molecule has 0 radical (unpaired) electrons. The first kappa shape index (κ1) is 23.1. The van der Waals surface area contributed by atoms with Crippen molar-refractivity contribution in [2.75, 3.05) is 40.1 Å². The second kappa shape index (κ2) is 11.1. The van der Waals surface area contributed by atoms with E-state index >= 15 is 0 Å². The second-order valence-electron chi connectivity index (χ2n) is 7.08. The molecule has 0 fully saturated rings. The Labute approximate surface area is 172 Å². The van der Waals surface area contributed by atoms with Gasteiger partial charge in [-0.05, 0) is 26.8 Å². The highest BCUT2D eigenvalue weighted by Crippen LogP contribution is 2.17. The molecule has 0 saturated heterocycles. The fraction of sp³-hybridized carbons (Fsp3) is 0.650. The first-order valence-electron chi connectivity index (χ1n) is 9.74. The summed E-state index contributed by atoms with van der Waals surface area (Å²) >= 11 is 0. The number of amides is 1. The summed E-state index contributed by atoms with van der Waals surface area (Å²) < 4.78 is 19.5. The van der Waals surface area contributed by atoms with Gasteiger partial charge in [-0.25, -0.2) is 0 Å². The number of hydrogen-bond donors (Lipinski definition) is 0. The van der Waals surface area contributed by atoms with Crippen molar-refractivity contribution in [3.63, 3.8) is 0 Å². The number of aryl methyl sites for hydroxylation is 4. The molecule has 0 unspecified atom stereocenters. The smallest absolute Gasteiger partial charge is 0.249 e. The number of nitrogens with zero attached hydrogens (tertiary/aromatic N) is 5. The van der Waals surface area contributed by atoms with E-state index in [-0.39, 0.29) is 12.5 Å². The number of carbonyl (C=O) groups is 1. The van der Waals surface area contributed by atoms with E-state index in [1.807, 2.05) is 50.3 Å². The summed E-state index contributed by atoms with van der Waals surface area (Å²) in [7, 11) is 5.43. The predicted octanol–water partition coefficient (Wildman–Crippen LogP) is 1.29. The molecule has 0 aromatic carbocycles. The highest BCUT2D eigenvalue weighted by Gasteiger charge is 2.20. The highest BCUT2D eigenvalue weighted by atomic mass is 16.5. The van der Waals surface area contributed by atoms with Crippen LogP contribution < -0.4 is 0 Å². The fourth-order valence-electron chi connectivity index (χ4n) is 3.09. The SMILES string of the molecule is COCCOCCOCC(=O)N(Cc1c(C)nn(C)c1C)Cc1cc(C)nn1C. The number of ether oxygens (including phenoxy) is 3. The zero-order valence-corrected chi connectivity index (χ0v) is 18.4. The van der Waals surface area contributed by atoms with E-state index in [2.05, 4.69) is 10.2 Å². The molecule has 162 valence electrons. The largest absolute Gasteiger partial charge is 0.382 e. The Kier molecular flexibility index (Phi) is 8.81. The van der Waals surface area contributed by atoms with Gasteiger partial charge in [-0.15, -0.1) is 0 Å². The van der Waals surface area contributed by atoms with E-state index in [1.54, 1.807) is 12.0 Å². The van der Waals surface area contributed by atoms with Crippen LogP contribution in [0, 0.1) is 20.8 Å². The van der Waals surface area contributed by atoms with Crippen molar-refractivity contribution in [2.24, 2.45) is 14.1 Å². The summed E-state index contributed by atoms with van der Waals surface area (Å²) in [5, 5.41) is 8.85. The summed E-state index contributed by atoms with van der Waals surface area (Å²) in [5.74, 6) is -0.0802. The van der Waals surface area contributed by atoms with Gasteiger partial charge in [0.05, 0.1) is 50.1 Å². The predicted molar refractivity (Wildman–Crippen MR) is 108 cm³/mol. The Balaban J connectivity index is 2.01. The van der Waals surface area contributed by atoms with Crippen LogP contribution in [-0.4, -0.2) is 70.5 Å². The molecular weight excluding hydrogens is 374 g/mol. The van der Waals surface area contributed by atoms with Gasteiger partial charge in [0, 0.05) is 39.0 Å². The summed E-state index contributed by atoms with van der Waals surface area (Å²) in [6, 6.07) is 1.99. The standard InChI is InChI=1S/C20H33N5O4/c1-15-11-18(24(5)21-15)12-25(13-19-16(2)22-23(4)17(19)3)20(26)14-29-10-9-28-8-7-27-6/h11H,7-10,12-14H2,1-6H3. The molecule has 0 saturated carbocycles. The molecule has 2 aromatic heterocycles. The van der Waals surface area contributed by atoms with Crippen LogP contribution in [0.3, 0.4) is 0 Å². The topological polar surface area (TPSA) is 83.6 Å². The molecule has 2 heterocycles. The third kappa shape index (κ3) is 6.66. The maximum Gasteiger partial charge on any atom is 0.249 e. The van der Waals surface area contributed by atoms with Gasteiger partial charge in [-0.2, -0.15) is 10.2 Å². The van der Waals surface area contributed by atoms with Gasteiger partial charge in [-0.3, -0.25) is 14.2 Å². The molecule has 0 aliphatic carbocycles. The molecule has 0 spiro atoms. The highest BCUT2D eigenvalue weighted by molar-refractivity contribution is 5.77. The lowest BCUT2D eigenvalue weighted by Crippen LogP contribution is -2.34. The Hall–Kier alpha value is -2.23. The van der Waals surface area contributed by atoms with Gasteiger partial charge in [0.25, 0.3) is 0 Å². The van der Waals surface area contributed by atoms with E-state index in [1.165, 1.54) is 0 Å². The van der Waals surface area contributed by atoms with Crippen molar-refractivity contribution in [2.45, 2.75) is 33.9 Å². The third-order valence-electron chi connectivity index (χ3n) is 4.84. The lowest BCUT2D eigenvalue weighted by molar-refractivity contribution is -0.138. The first-order valence-corrected chi connectivity index (χ1v) is 9.74. The van der Waals surface area contributed by atoms with Gasteiger partial charge in [0.1, 0.15) is 6.61 Å². The molecular formula is C20H33N5O4. The number of methoxy groups -OCH3 is 1. The lowest BCUT2D eigenvalue weighted by atomic mass is 10.1. The Morgan fingerprint density at radius 2 is 1.69 bits per heavy atom. The van der Waals surface area contributed by atoms with Crippen LogP contribution in [0.1, 0.15) is 28.3 Å². The quantitative estimate of drug-likeness (QED) is 0.493. The molecule has 0 atom stereocenters. The minimum Gasteiger partial charge on any atom is -0.382 e. The van der Waals surface area contributed by atoms with E-state index in [0.717, 1.165) is 28.3 Å². The van der Waals surface area contributed by atoms with Crippen molar-refractivity contribution in [3.8, 4) is 0 Å². The molecule has 0 N–H and O–H groups in total. The molecule has 1 amide bonds. The molecule has 2 rings (SSSR count). The second-order valence-corrected chi connectivity index (χ2v) is 7.08. The Bertz CT molecular complexity index is 799. The number of hydrogen-bond acceptors (Lipinski definition) is 6. The zero-order valence-electron chi connectivity index (χ0n) is 18.4. The monoisotopic (exact) mass is 407 g/mol. The first-order chi connectivity index (χ1) is 13.8. The maximum absolute atomic E-state index is 12.9. The van der Waals surface area contributed by atoms with E-state index in [4.69, 9.17) is 14.2 Å². The molecule has 0 bridgehead atoms. The molecule has 9 heteroatoms. The number of aromatic nitrogens is 4. The summed E-state index contributed by atoms with van der Waals surface area (Å²) in [6.45, 7) is 8.70. The summed E-state index contributed by atoms with van der Waals surface area (Å²) in [6.07, 6.45) is 0. The third-order valence-corrected chi connectivity index (χ3v) is 4.84. The number of carbonyl (C=O) groups excluding carboxylic acids is 1. The van der Waals surface area contributed by atoms with Crippen molar-refractivity contribution in [3.05, 3.63) is 34.4 Å². The van der Waals surface area contributed by atoms with Crippen LogP contribution >= 0.6 is 0 Å². The van der Waals surface area contributed by atoms with Gasteiger partial charge >= 0.3 is 0 Å². The fourth-order valence-corrected chi connectivity index (χ4v) is 3.09. The molecule has 29 heavy (non-hydrogen) atoms. The van der Waals surface area contributed by atoms with Gasteiger partial charge in [0.2, 0.25) is 5.91 Å². The Morgan fingerprint density at radius 3 is 2.28 bits per heavy atom. The van der Waals surface area contributed by atoms with E-state index in [9.17, 15) is 4.79 Å². The minimum absolute atomic E-state index is 0.00281. The van der Waals surface area contributed by atoms with Gasteiger partial charge < -0.3 is 19.1 Å². The molecule has 9 nitrogen and oxygen atoms in total. The van der Waals surface area contributed by atoms with Crippen LogP contribution in [0.15, 0.2) is 6.07 Å². The van der Waals surface area contributed by atoms with Crippen LogP contribution in [0.25, 0.3) is 0 Å². The van der Waals surface area contributed by atoms with E-state index in [0.29, 0.717) is 39.5 Å². The van der Waals surface area contributed by atoms with Crippen LogP contribution in [-0.2, 0) is 46.2 Å². The van der Waals surface area contributed by atoms with Crippen molar-refractivity contribution in [1.82, 2.24) is 24.5 Å². The summed E-state index contributed by atoms with van der Waals surface area (Å²) in [4.78, 5) is 14.7. The van der Waals surface area contributed by atoms with Gasteiger partial charge in [0.15, 0.2) is 0 Å². The summed E-state index contributed by atoms with van der Waals surface area (Å²) in [5.41, 5.74) is 4.93. The lowest BCUT2D eigenvalue weighted by Gasteiger charge is -2.23. The molecule has 2 aromatic rings. The maximum atomic E-state index is 12.9. The molecule has 0 aliphatic heterocycles. The van der Waals surface area contributed by atoms with Crippen LogP contribution in [0.5, 0.6) is 0 Å². The molecule has 0 aliphatic rings. The Morgan fingerprint density at radius 1 is 1.00 bits per heavy atom. The van der Waals surface area contributed by atoms with Crippen molar-refractivity contribution in [1.29, 1.82) is 0 Å². The minimum atomic E-state index is -0.0802. The van der Waals surface area contributed by atoms with E-state index < -0.39 is 0 Å². The zero-order chi connectivity index (χ0) is 21.4. The van der Waals surface area contributed by atoms with Crippen molar-refractivity contribution < 1.29 is 19.0 Å². The van der Waals surface area contributed by atoms with Crippen molar-refractivity contribution >= 4 is 5.91 Å².